The number of nitrogens with one attached hydrogen (secondary N) is 1. The third-order valence-electron chi connectivity index (χ3n) is 4.87. The Hall–Kier alpha value is -3.30. The number of rotatable bonds is 4. The Morgan fingerprint density at radius 2 is 2.03 bits per heavy atom. The lowest BCUT2D eigenvalue weighted by atomic mass is 10.1. The number of anilines is 1. The molecule has 7 nitrogen and oxygen atoms in total. The third kappa shape index (κ3) is 3.96. The lowest BCUT2D eigenvalue weighted by Crippen LogP contribution is -2.37. The monoisotopic (exact) mass is 404 g/mol. The van der Waals surface area contributed by atoms with Gasteiger partial charge in [-0.25, -0.2) is 4.68 Å². The fraction of sp³-hybridized carbons (Fsp3) is 0.316. The minimum atomic E-state index is -4.53. The summed E-state index contributed by atoms with van der Waals surface area (Å²) in [6.07, 6.45) is 1.01. The van der Waals surface area contributed by atoms with Crippen LogP contribution in [0.15, 0.2) is 48.9 Å². The van der Waals surface area contributed by atoms with Gasteiger partial charge in [-0.1, -0.05) is 6.07 Å². The molecule has 3 heterocycles. The lowest BCUT2D eigenvalue weighted by Gasteiger charge is -2.17. The molecule has 152 valence electrons. The van der Waals surface area contributed by atoms with Crippen LogP contribution in [0.25, 0.3) is 5.69 Å². The summed E-state index contributed by atoms with van der Waals surface area (Å²) in [5.41, 5.74) is 0.562. The van der Waals surface area contributed by atoms with Crippen molar-refractivity contribution < 1.29 is 18.0 Å². The van der Waals surface area contributed by atoms with Crippen LogP contribution < -0.4 is 10.2 Å². The zero-order valence-electron chi connectivity index (χ0n) is 15.6. The Morgan fingerprint density at radius 1 is 1.21 bits per heavy atom. The third-order valence-corrected chi connectivity index (χ3v) is 4.87. The summed E-state index contributed by atoms with van der Waals surface area (Å²) in [5.74, 6) is -0.328. The predicted octanol–water partition coefficient (Wildman–Crippen LogP) is 2.63. The smallest absolute Gasteiger partial charge is 0.367 e. The number of amides is 1. The number of aryl methyl sites for hydroxylation is 1. The van der Waals surface area contributed by atoms with E-state index in [0.29, 0.717) is 6.54 Å². The van der Waals surface area contributed by atoms with E-state index in [0.717, 1.165) is 35.6 Å². The van der Waals surface area contributed by atoms with E-state index in [1.807, 2.05) is 13.2 Å². The first kappa shape index (κ1) is 19.0. The Labute approximate surface area is 164 Å². The molecule has 1 amide bonds. The zero-order valence-corrected chi connectivity index (χ0v) is 15.6. The van der Waals surface area contributed by atoms with Crippen molar-refractivity contribution in [2.75, 3.05) is 18.0 Å². The number of benzene rings is 1. The Bertz CT molecular complexity index is 1020. The van der Waals surface area contributed by atoms with Crippen LogP contribution in [0.1, 0.15) is 22.5 Å². The number of halogens is 3. The van der Waals surface area contributed by atoms with E-state index in [2.05, 4.69) is 20.4 Å². The number of aromatic nitrogens is 4. The van der Waals surface area contributed by atoms with Gasteiger partial charge in [0, 0.05) is 37.9 Å². The molecule has 0 radical (unpaired) electrons. The maximum absolute atomic E-state index is 13.1. The molecular weight excluding hydrogens is 385 g/mol. The van der Waals surface area contributed by atoms with Gasteiger partial charge in [0.1, 0.15) is 5.69 Å². The zero-order chi connectivity index (χ0) is 20.6. The number of hydrogen-bond donors (Lipinski definition) is 1. The molecule has 0 spiro atoms. The van der Waals surface area contributed by atoms with Crippen molar-refractivity contribution in [1.82, 2.24) is 24.9 Å². The first-order chi connectivity index (χ1) is 13.8. The maximum Gasteiger partial charge on any atom is 0.433 e. The van der Waals surface area contributed by atoms with Crippen molar-refractivity contribution in [2.24, 2.45) is 7.05 Å². The van der Waals surface area contributed by atoms with Gasteiger partial charge in [-0.2, -0.15) is 23.4 Å². The highest BCUT2D eigenvalue weighted by atomic mass is 19.4. The molecule has 1 aliphatic heterocycles. The molecule has 3 aromatic rings. The van der Waals surface area contributed by atoms with Crippen molar-refractivity contribution >= 4 is 11.6 Å². The van der Waals surface area contributed by atoms with Crippen molar-refractivity contribution in [1.29, 1.82) is 0 Å². The summed E-state index contributed by atoms with van der Waals surface area (Å²) in [6, 6.07) is 6.86. The summed E-state index contributed by atoms with van der Waals surface area (Å²) >= 11 is 0. The van der Waals surface area contributed by atoms with Crippen molar-refractivity contribution in [3.63, 3.8) is 0 Å². The Kier molecular flexibility index (Phi) is 4.77. The van der Waals surface area contributed by atoms with Crippen LogP contribution in [0.3, 0.4) is 0 Å². The molecule has 1 saturated heterocycles. The van der Waals surface area contributed by atoms with Crippen LogP contribution in [0.4, 0.5) is 18.9 Å². The lowest BCUT2D eigenvalue weighted by molar-refractivity contribution is -0.142. The van der Waals surface area contributed by atoms with Crippen LogP contribution in [-0.2, 0) is 13.2 Å². The molecule has 1 atom stereocenters. The standard InChI is InChI=1S/C19H19F3N6O/c1-26-12-16(10-24-26)27-8-6-14(11-27)25-18(29)13-3-2-4-15(9-13)28-17(5-7-23-28)19(20,21)22/h2-5,7,9-10,12,14H,6,8,11H2,1H3,(H,25,29). The summed E-state index contributed by atoms with van der Waals surface area (Å²) in [4.78, 5) is 14.8. The molecule has 0 aliphatic carbocycles. The molecule has 0 saturated carbocycles. The average Bonchev–Trinajstić information content (AvgIpc) is 3.41. The number of alkyl halides is 3. The summed E-state index contributed by atoms with van der Waals surface area (Å²) in [6.45, 7) is 1.44. The van der Waals surface area contributed by atoms with Gasteiger partial charge < -0.3 is 10.2 Å². The molecule has 1 N–H and O–H groups in total. The molecular formula is C19H19F3N6O. The molecule has 1 fully saturated rings. The van der Waals surface area contributed by atoms with Gasteiger partial charge in [-0.05, 0) is 30.7 Å². The fourth-order valence-electron chi connectivity index (χ4n) is 3.46. The van der Waals surface area contributed by atoms with Gasteiger partial charge in [-0.15, -0.1) is 0 Å². The van der Waals surface area contributed by atoms with Gasteiger partial charge in [-0.3, -0.25) is 9.48 Å². The van der Waals surface area contributed by atoms with E-state index >= 15 is 0 Å². The number of nitrogens with zero attached hydrogens (tertiary/aromatic N) is 5. The van der Waals surface area contributed by atoms with E-state index in [1.54, 1.807) is 23.0 Å². The maximum atomic E-state index is 13.1. The van der Waals surface area contributed by atoms with E-state index in [1.165, 1.54) is 12.1 Å². The minimum Gasteiger partial charge on any atom is -0.367 e. The second-order valence-electron chi connectivity index (χ2n) is 6.95. The van der Waals surface area contributed by atoms with Gasteiger partial charge in [0.15, 0.2) is 0 Å². The summed E-state index contributed by atoms with van der Waals surface area (Å²) in [5, 5.41) is 10.9. The Morgan fingerprint density at radius 3 is 2.76 bits per heavy atom. The number of carbonyl (C=O) groups excluding carboxylic acids is 1. The van der Waals surface area contributed by atoms with Crippen LogP contribution in [0.2, 0.25) is 0 Å². The SMILES string of the molecule is Cn1cc(N2CCC(NC(=O)c3cccc(-n4nccc4C(F)(F)F)c3)C2)cn1. The van der Waals surface area contributed by atoms with Gasteiger partial charge in [0.2, 0.25) is 0 Å². The molecule has 29 heavy (non-hydrogen) atoms. The van der Waals surface area contributed by atoms with Gasteiger partial charge in [0.25, 0.3) is 5.91 Å². The normalized spacial score (nSPS) is 17.0. The number of carbonyl (C=O) groups is 1. The van der Waals surface area contributed by atoms with Crippen molar-refractivity contribution in [3.05, 3.63) is 60.2 Å². The highest BCUT2D eigenvalue weighted by Gasteiger charge is 2.35. The second kappa shape index (κ2) is 7.26. The number of hydrogen-bond acceptors (Lipinski definition) is 4. The highest BCUT2D eigenvalue weighted by Crippen LogP contribution is 2.30. The van der Waals surface area contributed by atoms with Crippen LogP contribution in [0.5, 0.6) is 0 Å². The van der Waals surface area contributed by atoms with Crippen molar-refractivity contribution in [3.8, 4) is 5.69 Å². The largest absolute Gasteiger partial charge is 0.433 e. The van der Waals surface area contributed by atoms with Crippen LogP contribution in [0, 0.1) is 0 Å². The van der Waals surface area contributed by atoms with E-state index in [4.69, 9.17) is 0 Å². The predicted molar refractivity (Wildman–Crippen MR) is 99.9 cm³/mol. The molecule has 0 bridgehead atoms. The summed E-state index contributed by atoms with van der Waals surface area (Å²) < 4.78 is 41.9. The molecule has 4 rings (SSSR count). The first-order valence-electron chi connectivity index (χ1n) is 9.07. The molecule has 1 unspecified atom stereocenters. The molecule has 10 heteroatoms. The van der Waals surface area contributed by atoms with E-state index in [-0.39, 0.29) is 23.2 Å². The highest BCUT2D eigenvalue weighted by molar-refractivity contribution is 5.95. The molecule has 2 aromatic heterocycles. The van der Waals surface area contributed by atoms with Gasteiger partial charge >= 0.3 is 6.18 Å². The summed E-state index contributed by atoms with van der Waals surface area (Å²) in [7, 11) is 1.84. The molecule has 1 aliphatic rings. The first-order valence-corrected chi connectivity index (χ1v) is 9.07. The van der Waals surface area contributed by atoms with E-state index < -0.39 is 11.9 Å². The van der Waals surface area contributed by atoms with Crippen LogP contribution in [-0.4, -0.2) is 44.6 Å². The fourth-order valence-corrected chi connectivity index (χ4v) is 3.46. The Balaban J connectivity index is 1.47. The van der Waals surface area contributed by atoms with E-state index in [9.17, 15) is 18.0 Å². The molecule has 1 aromatic carbocycles. The average molecular weight is 404 g/mol. The van der Waals surface area contributed by atoms with Gasteiger partial charge in [0.05, 0.1) is 23.8 Å². The quantitative estimate of drug-likeness (QED) is 0.726. The van der Waals surface area contributed by atoms with Crippen LogP contribution >= 0.6 is 0 Å². The van der Waals surface area contributed by atoms with Crippen molar-refractivity contribution in [2.45, 2.75) is 18.6 Å². The topological polar surface area (TPSA) is 68.0 Å². The minimum absolute atomic E-state index is 0.0539. The second-order valence-corrected chi connectivity index (χ2v) is 6.95.